The SMILES string of the molecule is C[C@H](N)C(=O)O.NC(=O)CC(N)C(=O)O. The molecular weight excluding hydrogens is 206 g/mol. The molecule has 0 bridgehead atoms. The van der Waals surface area contributed by atoms with E-state index >= 15 is 0 Å². The van der Waals surface area contributed by atoms with Crippen molar-refractivity contribution in [2.45, 2.75) is 25.4 Å². The van der Waals surface area contributed by atoms with Gasteiger partial charge in [0.2, 0.25) is 5.91 Å². The molecule has 0 aliphatic heterocycles. The molecule has 8 N–H and O–H groups in total. The van der Waals surface area contributed by atoms with Gasteiger partial charge in [0, 0.05) is 0 Å². The molecule has 0 heterocycles. The van der Waals surface area contributed by atoms with Crippen molar-refractivity contribution in [2.75, 3.05) is 0 Å². The van der Waals surface area contributed by atoms with Crippen LogP contribution in [0.1, 0.15) is 13.3 Å². The zero-order valence-corrected chi connectivity index (χ0v) is 8.21. The van der Waals surface area contributed by atoms with Crippen molar-refractivity contribution < 1.29 is 24.6 Å². The molecule has 0 aliphatic rings. The molecule has 1 amide bonds. The minimum absolute atomic E-state index is 0.310. The molecule has 0 fully saturated rings. The Morgan fingerprint density at radius 2 is 1.47 bits per heavy atom. The highest BCUT2D eigenvalue weighted by Crippen LogP contribution is 1.84. The highest BCUT2D eigenvalue weighted by atomic mass is 16.4. The van der Waals surface area contributed by atoms with Crippen LogP contribution in [0.2, 0.25) is 0 Å². The van der Waals surface area contributed by atoms with Crippen LogP contribution in [0.5, 0.6) is 0 Å². The van der Waals surface area contributed by atoms with E-state index in [1.54, 1.807) is 0 Å². The van der Waals surface area contributed by atoms with Gasteiger partial charge >= 0.3 is 11.9 Å². The molecule has 0 radical (unpaired) electrons. The molecule has 0 spiro atoms. The molecule has 0 aromatic carbocycles. The van der Waals surface area contributed by atoms with Gasteiger partial charge in [0.05, 0.1) is 6.42 Å². The lowest BCUT2D eigenvalue weighted by Crippen LogP contribution is -2.34. The summed E-state index contributed by atoms with van der Waals surface area (Å²) in [6.07, 6.45) is -0.310. The number of primary amides is 1. The number of hydrogen-bond donors (Lipinski definition) is 5. The Morgan fingerprint density at radius 1 is 1.13 bits per heavy atom. The largest absolute Gasteiger partial charge is 0.480 e. The topological polar surface area (TPSA) is 170 Å². The maximum atomic E-state index is 9.99. The lowest BCUT2D eigenvalue weighted by atomic mass is 10.2. The number of carboxylic acid groups (broad SMARTS) is 2. The summed E-state index contributed by atoms with van der Waals surface area (Å²) in [7, 11) is 0. The van der Waals surface area contributed by atoms with Gasteiger partial charge in [0.15, 0.2) is 0 Å². The molecule has 88 valence electrons. The highest BCUT2D eigenvalue weighted by Gasteiger charge is 2.13. The van der Waals surface area contributed by atoms with Gasteiger partial charge in [-0.1, -0.05) is 0 Å². The first-order valence-corrected chi connectivity index (χ1v) is 3.93. The second-order valence-corrected chi connectivity index (χ2v) is 2.74. The second-order valence-electron chi connectivity index (χ2n) is 2.74. The lowest BCUT2D eigenvalue weighted by molar-refractivity contribution is -0.140. The minimum atomic E-state index is -1.21. The van der Waals surface area contributed by atoms with Crippen LogP contribution in [0.15, 0.2) is 0 Å². The highest BCUT2D eigenvalue weighted by molar-refractivity contribution is 5.83. The average molecular weight is 221 g/mol. The smallest absolute Gasteiger partial charge is 0.321 e. The molecule has 2 atom stereocenters. The van der Waals surface area contributed by atoms with Gasteiger partial charge in [-0.3, -0.25) is 14.4 Å². The third-order valence-corrected chi connectivity index (χ3v) is 1.13. The Morgan fingerprint density at radius 3 is 1.53 bits per heavy atom. The van der Waals surface area contributed by atoms with Crippen molar-refractivity contribution in [2.24, 2.45) is 17.2 Å². The number of carbonyl (C=O) groups excluding carboxylic acids is 1. The molecule has 0 aliphatic carbocycles. The van der Waals surface area contributed by atoms with E-state index in [4.69, 9.17) is 21.7 Å². The molecule has 0 saturated carbocycles. The predicted molar refractivity (Wildman–Crippen MR) is 50.7 cm³/mol. The van der Waals surface area contributed by atoms with Crippen molar-refractivity contribution in [3.05, 3.63) is 0 Å². The van der Waals surface area contributed by atoms with Gasteiger partial charge < -0.3 is 27.4 Å². The number of amides is 1. The van der Waals surface area contributed by atoms with Gasteiger partial charge in [-0.2, -0.15) is 0 Å². The number of aliphatic carboxylic acids is 2. The maximum Gasteiger partial charge on any atom is 0.321 e. The molecule has 8 heteroatoms. The lowest BCUT2D eigenvalue weighted by Gasteiger charge is -1.99. The fraction of sp³-hybridized carbons (Fsp3) is 0.571. The minimum Gasteiger partial charge on any atom is -0.480 e. The van der Waals surface area contributed by atoms with Crippen LogP contribution in [0.4, 0.5) is 0 Å². The Labute approximate surface area is 86.0 Å². The molecule has 0 saturated heterocycles. The van der Waals surface area contributed by atoms with Gasteiger partial charge in [-0.05, 0) is 6.92 Å². The summed E-state index contributed by atoms with van der Waals surface area (Å²) in [5, 5.41) is 16.0. The van der Waals surface area contributed by atoms with Crippen molar-refractivity contribution in [1.29, 1.82) is 0 Å². The van der Waals surface area contributed by atoms with Crippen LogP contribution in [0.3, 0.4) is 0 Å². The summed E-state index contributed by atoms with van der Waals surface area (Å²) >= 11 is 0. The Hall–Kier alpha value is -1.67. The molecule has 1 unspecified atom stereocenters. The molecule has 0 rings (SSSR count). The van der Waals surface area contributed by atoms with E-state index in [1.165, 1.54) is 6.92 Å². The van der Waals surface area contributed by atoms with E-state index in [0.717, 1.165) is 0 Å². The van der Waals surface area contributed by atoms with Crippen molar-refractivity contribution in [3.63, 3.8) is 0 Å². The van der Waals surface area contributed by atoms with Crippen molar-refractivity contribution in [3.8, 4) is 0 Å². The third kappa shape index (κ3) is 12.3. The van der Waals surface area contributed by atoms with Crippen molar-refractivity contribution >= 4 is 17.8 Å². The zero-order valence-electron chi connectivity index (χ0n) is 8.21. The van der Waals surface area contributed by atoms with Gasteiger partial charge in [-0.25, -0.2) is 0 Å². The number of rotatable bonds is 4. The van der Waals surface area contributed by atoms with Crippen LogP contribution in [-0.4, -0.2) is 40.1 Å². The molecule has 0 aromatic heterocycles. The maximum absolute atomic E-state index is 9.99. The van der Waals surface area contributed by atoms with E-state index in [0.29, 0.717) is 0 Å². The van der Waals surface area contributed by atoms with Gasteiger partial charge in [0.25, 0.3) is 0 Å². The molecular formula is C7H15N3O5. The molecule has 0 aromatic rings. The van der Waals surface area contributed by atoms with E-state index in [-0.39, 0.29) is 6.42 Å². The summed E-state index contributed by atoms with van der Waals surface area (Å²) in [6, 6.07) is -1.90. The van der Waals surface area contributed by atoms with Crippen LogP contribution >= 0.6 is 0 Å². The number of carboxylic acids is 2. The summed E-state index contributed by atoms with van der Waals surface area (Å²) < 4.78 is 0. The normalized spacial score (nSPS) is 13.0. The quantitative estimate of drug-likeness (QED) is 0.355. The summed E-state index contributed by atoms with van der Waals surface area (Å²) in [6.45, 7) is 1.42. The van der Waals surface area contributed by atoms with Crippen molar-refractivity contribution in [1.82, 2.24) is 0 Å². The first kappa shape index (κ1) is 15.8. The van der Waals surface area contributed by atoms with E-state index in [2.05, 4.69) is 5.73 Å². The van der Waals surface area contributed by atoms with Crippen LogP contribution in [0.25, 0.3) is 0 Å². The Balaban J connectivity index is 0. The molecule has 15 heavy (non-hydrogen) atoms. The number of nitrogens with two attached hydrogens (primary N) is 3. The number of hydrogen-bond acceptors (Lipinski definition) is 5. The number of carbonyl (C=O) groups is 3. The molecule has 8 nitrogen and oxygen atoms in total. The average Bonchev–Trinajstić information content (AvgIpc) is 2.03. The monoisotopic (exact) mass is 221 g/mol. The summed E-state index contributed by atoms with van der Waals surface area (Å²) in [5.74, 6) is -2.88. The van der Waals surface area contributed by atoms with E-state index in [1.807, 2.05) is 0 Å². The summed E-state index contributed by atoms with van der Waals surface area (Å²) in [5.41, 5.74) is 14.4. The Bertz CT molecular complexity index is 241. The fourth-order valence-electron chi connectivity index (χ4n) is 0.304. The third-order valence-electron chi connectivity index (χ3n) is 1.13. The van der Waals surface area contributed by atoms with E-state index < -0.39 is 29.9 Å². The summed E-state index contributed by atoms with van der Waals surface area (Å²) in [4.78, 5) is 29.5. The van der Waals surface area contributed by atoms with Crippen LogP contribution in [0, 0.1) is 0 Å². The van der Waals surface area contributed by atoms with Gasteiger partial charge in [-0.15, -0.1) is 0 Å². The Kier molecular flexibility index (Phi) is 8.11. The van der Waals surface area contributed by atoms with Crippen LogP contribution in [-0.2, 0) is 14.4 Å². The van der Waals surface area contributed by atoms with Crippen LogP contribution < -0.4 is 17.2 Å². The second kappa shape index (κ2) is 7.71. The first-order valence-electron chi connectivity index (χ1n) is 3.93. The first-order chi connectivity index (χ1) is 6.68. The standard InChI is InChI=1S/C4H8N2O3.C3H7NO2/c5-2(4(8)9)1-3(6)7;1-2(4)3(5)6/h2H,1,5H2,(H2,6,7)(H,8,9);2H,4H2,1H3,(H,5,6)/t;2-/m.0/s1. The van der Waals surface area contributed by atoms with Gasteiger partial charge in [0.1, 0.15) is 12.1 Å². The fourth-order valence-corrected chi connectivity index (χ4v) is 0.304. The predicted octanol–water partition coefficient (Wildman–Crippen LogP) is -2.31. The van der Waals surface area contributed by atoms with E-state index in [9.17, 15) is 14.4 Å². The zero-order chi connectivity index (χ0) is 12.6.